The van der Waals surface area contributed by atoms with Crippen LogP contribution in [-0.2, 0) is 6.42 Å². The molecule has 0 radical (unpaired) electrons. The van der Waals surface area contributed by atoms with Crippen LogP contribution in [0.15, 0.2) is 12.4 Å². The first kappa shape index (κ1) is 14.4. The number of rotatable bonds is 4. The van der Waals surface area contributed by atoms with Crippen molar-refractivity contribution in [3.63, 3.8) is 0 Å². The van der Waals surface area contributed by atoms with E-state index in [9.17, 15) is 4.79 Å². The Balaban J connectivity index is 1.39. The van der Waals surface area contributed by atoms with Gasteiger partial charge in [0.05, 0.1) is 6.20 Å². The molecular formula is C15H25N5O. The third-order valence-electron chi connectivity index (χ3n) is 4.60. The monoisotopic (exact) mass is 291 g/mol. The van der Waals surface area contributed by atoms with E-state index in [0.29, 0.717) is 12.6 Å². The molecule has 0 bridgehead atoms. The van der Waals surface area contributed by atoms with Gasteiger partial charge in [-0.2, -0.15) is 5.10 Å². The van der Waals surface area contributed by atoms with Crippen LogP contribution < -0.4 is 5.32 Å². The first-order valence-corrected chi connectivity index (χ1v) is 8.07. The van der Waals surface area contributed by atoms with Gasteiger partial charge in [0.15, 0.2) is 0 Å². The van der Waals surface area contributed by atoms with Gasteiger partial charge in [0.25, 0.3) is 0 Å². The van der Waals surface area contributed by atoms with Crippen LogP contribution in [0.3, 0.4) is 0 Å². The van der Waals surface area contributed by atoms with Crippen LogP contribution in [0.1, 0.15) is 31.2 Å². The van der Waals surface area contributed by atoms with Crippen molar-refractivity contribution in [3.05, 3.63) is 18.0 Å². The van der Waals surface area contributed by atoms with Crippen molar-refractivity contribution >= 4 is 6.03 Å². The zero-order valence-corrected chi connectivity index (χ0v) is 12.6. The number of aromatic amines is 1. The van der Waals surface area contributed by atoms with Crippen LogP contribution in [0.2, 0.25) is 0 Å². The average molecular weight is 291 g/mol. The number of carbonyl (C=O) groups excluding carboxylic acids is 1. The highest BCUT2D eigenvalue weighted by Gasteiger charge is 2.30. The summed E-state index contributed by atoms with van der Waals surface area (Å²) in [6, 6.07) is 0.655. The second kappa shape index (κ2) is 6.93. The second-order valence-electron chi connectivity index (χ2n) is 6.07. The van der Waals surface area contributed by atoms with E-state index < -0.39 is 0 Å². The molecule has 2 N–H and O–H groups in total. The van der Waals surface area contributed by atoms with Gasteiger partial charge in [-0.15, -0.1) is 0 Å². The lowest BCUT2D eigenvalue weighted by molar-refractivity contribution is 0.161. The van der Waals surface area contributed by atoms with Crippen molar-refractivity contribution in [2.75, 3.05) is 32.7 Å². The smallest absolute Gasteiger partial charge is 0.317 e. The molecule has 0 aliphatic carbocycles. The van der Waals surface area contributed by atoms with E-state index in [2.05, 4.69) is 20.4 Å². The largest absolute Gasteiger partial charge is 0.338 e. The third-order valence-corrected chi connectivity index (χ3v) is 4.60. The number of H-pyrrole nitrogens is 1. The van der Waals surface area contributed by atoms with E-state index in [-0.39, 0.29) is 6.03 Å². The van der Waals surface area contributed by atoms with Gasteiger partial charge in [-0.05, 0) is 44.3 Å². The van der Waals surface area contributed by atoms with Crippen molar-refractivity contribution in [2.45, 2.75) is 38.1 Å². The summed E-state index contributed by atoms with van der Waals surface area (Å²) in [7, 11) is 0. The molecule has 0 saturated carbocycles. The quantitative estimate of drug-likeness (QED) is 0.877. The number of aromatic nitrogens is 2. The Kier molecular flexibility index (Phi) is 4.75. The molecule has 2 aliphatic heterocycles. The summed E-state index contributed by atoms with van der Waals surface area (Å²) in [5.41, 5.74) is 1.13. The summed E-state index contributed by atoms with van der Waals surface area (Å²) >= 11 is 0. The number of piperidine rings is 1. The van der Waals surface area contributed by atoms with Gasteiger partial charge in [-0.3, -0.25) is 10.00 Å². The maximum absolute atomic E-state index is 12.2. The SMILES string of the molecule is O=C(NCCc1cn[nH]c1)N1CC[C@@H](N2CCCCC2)C1. The summed E-state index contributed by atoms with van der Waals surface area (Å²) in [6.45, 7) is 4.86. The summed E-state index contributed by atoms with van der Waals surface area (Å²) in [4.78, 5) is 16.7. The lowest BCUT2D eigenvalue weighted by Crippen LogP contribution is -2.44. The topological polar surface area (TPSA) is 64.3 Å². The second-order valence-corrected chi connectivity index (χ2v) is 6.07. The van der Waals surface area contributed by atoms with E-state index in [4.69, 9.17) is 0 Å². The van der Waals surface area contributed by atoms with Crippen LogP contribution >= 0.6 is 0 Å². The van der Waals surface area contributed by atoms with Gasteiger partial charge in [0.2, 0.25) is 0 Å². The first-order chi connectivity index (χ1) is 10.3. The summed E-state index contributed by atoms with van der Waals surface area (Å²) in [5, 5.41) is 9.71. The maximum atomic E-state index is 12.2. The molecule has 1 aromatic heterocycles. The first-order valence-electron chi connectivity index (χ1n) is 8.07. The Morgan fingerprint density at radius 2 is 2.19 bits per heavy atom. The van der Waals surface area contributed by atoms with Crippen LogP contribution in [0.4, 0.5) is 4.79 Å². The van der Waals surface area contributed by atoms with Crippen molar-refractivity contribution in [2.24, 2.45) is 0 Å². The number of hydrogen-bond donors (Lipinski definition) is 2. The third kappa shape index (κ3) is 3.75. The molecule has 2 aliphatic rings. The fourth-order valence-electron chi connectivity index (χ4n) is 3.35. The highest BCUT2D eigenvalue weighted by Crippen LogP contribution is 2.20. The predicted octanol–water partition coefficient (Wildman–Crippen LogP) is 1.22. The van der Waals surface area contributed by atoms with E-state index >= 15 is 0 Å². The zero-order chi connectivity index (χ0) is 14.5. The van der Waals surface area contributed by atoms with E-state index in [1.54, 1.807) is 6.20 Å². The molecular weight excluding hydrogens is 266 g/mol. The average Bonchev–Trinajstić information content (AvgIpc) is 3.20. The standard InChI is InChI=1S/C15H25N5O/c21-15(16-6-4-13-10-17-18-11-13)20-9-5-14(12-20)19-7-2-1-3-8-19/h10-11,14H,1-9,12H2,(H,16,21)(H,17,18)/t14-/m1/s1. The molecule has 6 nitrogen and oxygen atoms in total. The zero-order valence-electron chi connectivity index (χ0n) is 12.6. The molecule has 3 heterocycles. The number of hydrogen-bond acceptors (Lipinski definition) is 3. The minimum absolute atomic E-state index is 0.0815. The van der Waals surface area contributed by atoms with Crippen molar-refractivity contribution < 1.29 is 4.79 Å². The van der Waals surface area contributed by atoms with E-state index in [1.807, 2.05) is 11.1 Å². The number of nitrogens with zero attached hydrogens (tertiary/aromatic N) is 3. The van der Waals surface area contributed by atoms with Gasteiger partial charge < -0.3 is 10.2 Å². The van der Waals surface area contributed by atoms with Gasteiger partial charge in [0.1, 0.15) is 0 Å². The molecule has 0 aromatic carbocycles. The summed E-state index contributed by atoms with van der Waals surface area (Å²) < 4.78 is 0. The maximum Gasteiger partial charge on any atom is 0.317 e. The normalized spacial score (nSPS) is 23.4. The fourth-order valence-corrected chi connectivity index (χ4v) is 3.35. The van der Waals surface area contributed by atoms with Gasteiger partial charge in [0, 0.05) is 31.9 Å². The number of nitrogens with one attached hydrogen (secondary N) is 2. The Morgan fingerprint density at radius 3 is 2.95 bits per heavy atom. The molecule has 0 unspecified atom stereocenters. The minimum Gasteiger partial charge on any atom is -0.338 e. The number of carbonyl (C=O) groups is 1. The Labute approximate surface area is 125 Å². The summed E-state index contributed by atoms with van der Waals surface area (Å²) in [6.07, 6.45) is 9.60. The van der Waals surface area contributed by atoms with E-state index in [0.717, 1.165) is 31.5 Å². The van der Waals surface area contributed by atoms with E-state index in [1.165, 1.54) is 32.4 Å². The summed E-state index contributed by atoms with van der Waals surface area (Å²) in [5.74, 6) is 0. The minimum atomic E-state index is 0.0815. The molecule has 0 spiro atoms. The molecule has 1 aromatic rings. The molecule has 6 heteroatoms. The molecule has 3 rings (SSSR count). The lowest BCUT2D eigenvalue weighted by Gasteiger charge is -2.32. The van der Waals surface area contributed by atoms with Crippen molar-refractivity contribution in [1.29, 1.82) is 0 Å². The molecule has 2 saturated heterocycles. The van der Waals surface area contributed by atoms with Crippen LogP contribution in [0.25, 0.3) is 0 Å². The Hall–Kier alpha value is -1.56. The van der Waals surface area contributed by atoms with Crippen LogP contribution in [0.5, 0.6) is 0 Å². The lowest BCUT2D eigenvalue weighted by atomic mass is 10.1. The number of urea groups is 1. The molecule has 2 amide bonds. The highest BCUT2D eigenvalue weighted by molar-refractivity contribution is 5.74. The number of amides is 2. The predicted molar refractivity (Wildman–Crippen MR) is 81.1 cm³/mol. The molecule has 2 fully saturated rings. The van der Waals surface area contributed by atoms with Gasteiger partial charge >= 0.3 is 6.03 Å². The Morgan fingerprint density at radius 1 is 1.33 bits per heavy atom. The van der Waals surface area contributed by atoms with Crippen molar-refractivity contribution in [3.8, 4) is 0 Å². The van der Waals surface area contributed by atoms with Gasteiger partial charge in [-0.25, -0.2) is 4.79 Å². The van der Waals surface area contributed by atoms with Gasteiger partial charge in [-0.1, -0.05) is 6.42 Å². The Bertz CT molecular complexity index is 441. The van der Waals surface area contributed by atoms with Crippen LogP contribution in [0, 0.1) is 0 Å². The molecule has 21 heavy (non-hydrogen) atoms. The molecule has 1 atom stereocenters. The number of likely N-dealkylation sites (tertiary alicyclic amines) is 2. The van der Waals surface area contributed by atoms with Crippen LogP contribution in [-0.4, -0.2) is 64.8 Å². The molecule has 116 valence electrons. The highest BCUT2D eigenvalue weighted by atomic mass is 16.2. The van der Waals surface area contributed by atoms with Crippen molar-refractivity contribution in [1.82, 2.24) is 25.3 Å². The fraction of sp³-hybridized carbons (Fsp3) is 0.733.